The van der Waals surface area contributed by atoms with Crippen molar-refractivity contribution in [2.75, 3.05) is 13.2 Å². The van der Waals surface area contributed by atoms with Crippen LogP contribution in [0.2, 0.25) is 0 Å². The molecule has 0 spiro atoms. The Bertz CT molecular complexity index is 1110. The van der Waals surface area contributed by atoms with E-state index in [0.29, 0.717) is 19.4 Å². The first-order valence-corrected chi connectivity index (χ1v) is 32.1. The third kappa shape index (κ3) is 57.5. The van der Waals surface area contributed by atoms with Crippen molar-refractivity contribution in [1.82, 2.24) is 5.32 Å². The molecular weight excluding hydrogens is 875 g/mol. The predicted octanol–water partition coefficient (Wildman–Crippen LogP) is 20.2. The summed E-state index contributed by atoms with van der Waals surface area (Å²) in [6.07, 6.45) is 75.1. The number of hydrogen-bond acceptors (Lipinski definition) is 5. The van der Waals surface area contributed by atoms with E-state index in [1.165, 1.54) is 283 Å². The number of amides is 1. The number of aliphatic hydroxyl groups excluding tert-OH is 2. The summed E-state index contributed by atoms with van der Waals surface area (Å²) in [6.45, 7) is 4.92. The second kappa shape index (κ2) is 60.9. The Morgan fingerprint density at radius 1 is 0.380 bits per heavy atom. The molecule has 420 valence electrons. The number of unbranched alkanes of at least 4 members (excludes halogenated alkanes) is 47. The van der Waals surface area contributed by atoms with Crippen LogP contribution in [0.4, 0.5) is 0 Å². The first-order chi connectivity index (χ1) is 35.0. The largest absolute Gasteiger partial charge is 0.466 e. The van der Waals surface area contributed by atoms with Crippen LogP contribution >= 0.6 is 0 Å². The minimum Gasteiger partial charge on any atom is -0.466 e. The van der Waals surface area contributed by atoms with E-state index in [4.69, 9.17) is 4.74 Å². The summed E-state index contributed by atoms with van der Waals surface area (Å²) in [5.41, 5.74) is 0. The fourth-order valence-corrected chi connectivity index (χ4v) is 10.0. The van der Waals surface area contributed by atoms with E-state index in [9.17, 15) is 19.8 Å². The Morgan fingerprint density at radius 3 is 1.00 bits per heavy atom. The molecule has 0 aromatic carbocycles. The normalized spacial score (nSPS) is 12.7. The van der Waals surface area contributed by atoms with Gasteiger partial charge in [-0.05, 0) is 57.8 Å². The Labute approximate surface area is 443 Å². The van der Waals surface area contributed by atoms with E-state index in [1.807, 2.05) is 6.08 Å². The molecule has 0 fully saturated rings. The quantitative estimate of drug-likeness (QED) is 0.0320. The molecule has 6 heteroatoms. The minimum absolute atomic E-state index is 0.0105. The second-order valence-electron chi connectivity index (χ2n) is 22.1. The highest BCUT2D eigenvalue weighted by Crippen LogP contribution is 2.18. The van der Waals surface area contributed by atoms with Crippen LogP contribution in [0.15, 0.2) is 24.3 Å². The zero-order valence-electron chi connectivity index (χ0n) is 48.0. The third-order valence-electron chi connectivity index (χ3n) is 15.0. The van der Waals surface area contributed by atoms with E-state index >= 15 is 0 Å². The lowest BCUT2D eigenvalue weighted by Crippen LogP contribution is -2.45. The lowest BCUT2D eigenvalue weighted by molar-refractivity contribution is -0.143. The van der Waals surface area contributed by atoms with Crippen molar-refractivity contribution in [1.29, 1.82) is 0 Å². The maximum Gasteiger partial charge on any atom is 0.305 e. The SMILES string of the molecule is CCCCCCCCCCCCCCCCCCCC/C=C/C(O)C(CO)NC(=O)CCCCCCCCC/C=C\CCCCCCCCCCCCCOC(=O)CCCCCCCCCCCCCC. The molecule has 3 N–H and O–H groups in total. The number of allylic oxidation sites excluding steroid dienone is 3. The number of rotatable bonds is 60. The van der Waals surface area contributed by atoms with Crippen molar-refractivity contribution >= 4 is 11.9 Å². The molecule has 0 saturated carbocycles. The van der Waals surface area contributed by atoms with E-state index in [1.54, 1.807) is 6.08 Å². The lowest BCUT2D eigenvalue weighted by atomic mass is 10.0. The molecule has 6 nitrogen and oxygen atoms in total. The Morgan fingerprint density at radius 2 is 0.662 bits per heavy atom. The van der Waals surface area contributed by atoms with Gasteiger partial charge in [0.2, 0.25) is 5.91 Å². The summed E-state index contributed by atoms with van der Waals surface area (Å²) < 4.78 is 5.47. The van der Waals surface area contributed by atoms with Crippen LogP contribution in [0.25, 0.3) is 0 Å². The zero-order valence-corrected chi connectivity index (χ0v) is 48.0. The van der Waals surface area contributed by atoms with Gasteiger partial charge in [0.1, 0.15) is 0 Å². The molecule has 0 saturated heterocycles. The number of hydrogen-bond donors (Lipinski definition) is 3. The van der Waals surface area contributed by atoms with Crippen LogP contribution in [-0.2, 0) is 14.3 Å². The predicted molar refractivity (Wildman–Crippen MR) is 310 cm³/mol. The van der Waals surface area contributed by atoms with E-state index in [-0.39, 0.29) is 18.5 Å². The first-order valence-electron chi connectivity index (χ1n) is 32.1. The van der Waals surface area contributed by atoms with Crippen molar-refractivity contribution in [3.8, 4) is 0 Å². The number of esters is 1. The van der Waals surface area contributed by atoms with E-state index in [2.05, 4.69) is 31.3 Å². The molecule has 0 aliphatic rings. The monoisotopic (exact) mass is 1000 g/mol. The van der Waals surface area contributed by atoms with Gasteiger partial charge in [0.05, 0.1) is 25.4 Å². The number of carbonyl (C=O) groups excluding carboxylic acids is 2. The van der Waals surface area contributed by atoms with Crippen molar-refractivity contribution in [3.05, 3.63) is 24.3 Å². The second-order valence-corrected chi connectivity index (χ2v) is 22.1. The number of carbonyl (C=O) groups is 2. The summed E-state index contributed by atoms with van der Waals surface area (Å²) >= 11 is 0. The van der Waals surface area contributed by atoms with Crippen LogP contribution in [0, 0.1) is 0 Å². The van der Waals surface area contributed by atoms with Gasteiger partial charge in [-0.3, -0.25) is 9.59 Å². The van der Waals surface area contributed by atoms with Gasteiger partial charge < -0.3 is 20.3 Å². The Hall–Kier alpha value is -1.66. The number of aliphatic hydroxyl groups is 2. The van der Waals surface area contributed by atoms with Crippen LogP contribution in [0.1, 0.15) is 354 Å². The molecule has 2 unspecified atom stereocenters. The summed E-state index contributed by atoms with van der Waals surface area (Å²) in [6, 6.07) is -0.633. The number of ether oxygens (including phenoxy) is 1. The number of nitrogens with one attached hydrogen (secondary N) is 1. The van der Waals surface area contributed by atoms with Crippen molar-refractivity contribution in [2.24, 2.45) is 0 Å². The highest BCUT2D eigenvalue weighted by Gasteiger charge is 2.18. The summed E-state index contributed by atoms with van der Waals surface area (Å²) in [7, 11) is 0. The fourth-order valence-electron chi connectivity index (χ4n) is 10.0. The lowest BCUT2D eigenvalue weighted by Gasteiger charge is -2.20. The standard InChI is InChI=1S/C65H125NO5/c1-3-5-7-9-11-13-15-17-18-19-20-25-28-31-34-37-41-45-49-53-57-63(68)62(61-67)66-64(69)58-54-50-46-42-38-35-32-29-26-23-21-22-24-27-30-33-36-40-44-48-52-56-60-71-65(70)59-55-51-47-43-39-16-14-12-10-8-6-4-2/h23,26,53,57,62-63,67-68H,3-22,24-25,27-52,54-56,58-61H2,1-2H3,(H,66,69)/b26-23-,57-53+. The topological polar surface area (TPSA) is 95.9 Å². The molecule has 0 aromatic heterocycles. The van der Waals surface area contributed by atoms with Gasteiger partial charge in [-0.1, -0.05) is 308 Å². The molecule has 0 aliphatic carbocycles. The molecule has 0 heterocycles. The van der Waals surface area contributed by atoms with Crippen molar-refractivity contribution in [3.63, 3.8) is 0 Å². The molecule has 0 radical (unpaired) electrons. The summed E-state index contributed by atoms with van der Waals surface area (Å²) in [5, 5.41) is 23.2. The molecule has 2 atom stereocenters. The van der Waals surface area contributed by atoms with Gasteiger partial charge in [0.25, 0.3) is 0 Å². The summed E-state index contributed by atoms with van der Waals surface area (Å²) in [4.78, 5) is 24.5. The van der Waals surface area contributed by atoms with Crippen LogP contribution in [0.5, 0.6) is 0 Å². The van der Waals surface area contributed by atoms with Gasteiger partial charge in [0, 0.05) is 12.8 Å². The fraction of sp³-hybridized carbons (Fsp3) is 0.908. The molecule has 1 amide bonds. The molecule has 71 heavy (non-hydrogen) atoms. The highest BCUT2D eigenvalue weighted by molar-refractivity contribution is 5.76. The average Bonchev–Trinajstić information content (AvgIpc) is 3.37. The Kier molecular flexibility index (Phi) is 59.5. The van der Waals surface area contributed by atoms with Gasteiger partial charge >= 0.3 is 5.97 Å². The molecular formula is C65H125NO5. The molecule has 0 rings (SSSR count). The van der Waals surface area contributed by atoms with Gasteiger partial charge in [0.15, 0.2) is 0 Å². The maximum atomic E-state index is 12.5. The molecule has 0 bridgehead atoms. The van der Waals surface area contributed by atoms with Gasteiger partial charge in [-0.15, -0.1) is 0 Å². The van der Waals surface area contributed by atoms with Crippen LogP contribution in [-0.4, -0.2) is 47.4 Å². The van der Waals surface area contributed by atoms with Crippen molar-refractivity contribution in [2.45, 2.75) is 366 Å². The maximum absolute atomic E-state index is 12.5. The van der Waals surface area contributed by atoms with E-state index in [0.717, 1.165) is 44.9 Å². The zero-order chi connectivity index (χ0) is 51.4. The van der Waals surface area contributed by atoms with Gasteiger partial charge in [-0.25, -0.2) is 0 Å². The van der Waals surface area contributed by atoms with Crippen molar-refractivity contribution < 1.29 is 24.5 Å². The Balaban J connectivity index is 3.45. The highest BCUT2D eigenvalue weighted by atomic mass is 16.5. The van der Waals surface area contributed by atoms with Gasteiger partial charge in [-0.2, -0.15) is 0 Å². The third-order valence-corrected chi connectivity index (χ3v) is 15.0. The van der Waals surface area contributed by atoms with Crippen LogP contribution in [0.3, 0.4) is 0 Å². The minimum atomic E-state index is -0.849. The molecule has 0 aliphatic heterocycles. The molecule has 0 aromatic rings. The first kappa shape index (κ1) is 69.3. The van der Waals surface area contributed by atoms with E-state index < -0.39 is 12.1 Å². The average molecular weight is 1000 g/mol. The summed E-state index contributed by atoms with van der Waals surface area (Å²) in [5.74, 6) is -0.0613. The smallest absolute Gasteiger partial charge is 0.305 e. The van der Waals surface area contributed by atoms with Crippen LogP contribution < -0.4 is 5.32 Å².